The lowest BCUT2D eigenvalue weighted by Crippen LogP contribution is -2.46. The van der Waals surface area contributed by atoms with Gasteiger partial charge in [-0.15, -0.1) is 0 Å². The molecule has 0 aromatic heterocycles. The van der Waals surface area contributed by atoms with Gasteiger partial charge in [0.05, 0.1) is 5.60 Å². The molecule has 1 aliphatic heterocycles. The Labute approximate surface area is 116 Å². The van der Waals surface area contributed by atoms with Crippen LogP contribution in [-0.2, 0) is 4.74 Å². The Balaban J connectivity index is 1.60. The number of hydrogen-bond donors (Lipinski definition) is 1. The van der Waals surface area contributed by atoms with Crippen LogP contribution >= 0.6 is 0 Å². The third-order valence-electron chi connectivity index (χ3n) is 4.79. The second-order valence-electron chi connectivity index (χ2n) is 6.23. The molecular weight excluding hydrogens is 234 g/mol. The molecule has 0 radical (unpaired) electrons. The van der Waals surface area contributed by atoms with Gasteiger partial charge in [-0.3, -0.25) is 0 Å². The van der Waals surface area contributed by atoms with Crippen molar-refractivity contribution >= 4 is 0 Å². The summed E-state index contributed by atoms with van der Waals surface area (Å²) in [5.41, 5.74) is 1.60. The molecule has 1 N–H and O–H groups in total. The summed E-state index contributed by atoms with van der Waals surface area (Å²) in [5.74, 6) is 0. The average molecular weight is 259 g/mol. The molecule has 104 valence electrons. The van der Waals surface area contributed by atoms with Crippen molar-refractivity contribution in [3.8, 4) is 0 Å². The highest BCUT2D eigenvalue weighted by molar-refractivity contribution is 5.18. The molecule has 1 unspecified atom stereocenters. The van der Waals surface area contributed by atoms with Gasteiger partial charge in [0.25, 0.3) is 0 Å². The number of rotatable bonds is 3. The highest BCUT2D eigenvalue weighted by Gasteiger charge is 2.39. The van der Waals surface area contributed by atoms with Crippen LogP contribution in [0.3, 0.4) is 0 Å². The number of benzene rings is 1. The lowest BCUT2D eigenvalue weighted by Gasteiger charge is -2.39. The first-order valence-electron chi connectivity index (χ1n) is 7.72. The molecule has 1 saturated carbocycles. The quantitative estimate of drug-likeness (QED) is 0.890. The Kier molecular flexibility index (Phi) is 3.90. The summed E-state index contributed by atoms with van der Waals surface area (Å²) in [6.07, 6.45) is 7.58. The molecule has 1 aromatic carbocycles. The fourth-order valence-electron chi connectivity index (χ4n) is 3.73. The largest absolute Gasteiger partial charge is 0.375 e. The van der Waals surface area contributed by atoms with E-state index in [9.17, 15) is 0 Å². The lowest BCUT2D eigenvalue weighted by atomic mass is 9.88. The zero-order valence-electron chi connectivity index (χ0n) is 11.9. The van der Waals surface area contributed by atoms with Crippen LogP contribution < -0.4 is 5.32 Å². The van der Waals surface area contributed by atoms with E-state index in [0.717, 1.165) is 13.0 Å². The Hall–Kier alpha value is -0.860. The second kappa shape index (κ2) is 5.64. The van der Waals surface area contributed by atoms with Crippen molar-refractivity contribution in [2.75, 3.05) is 6.61 Å². The van der Waals surface area contributed by atoms with E-state index < -0.39 is 0 Å². The van der Waals surface area contributed by atoms with Gasteiger partial charge >= 0.3 is 0 Å². The van der Waals surface area contributed by atoms with Gasteiger partial charge in [-0.25, -0.2) is 0 Å². The van der Waals surface area contributed by atoms with Crippen molar-refractivity contribution < 1.29 is 4.74 Å². The summed E-state index contributed by atoms with van der Waals surface area (Å²) in [4.78, 5) is 0. The zero-order valence-corrected chi connectivity index (χ0v) is 11.9. The fourth-order valence-corrected chi connectivity index (χ4v) is 3.73. The molecule has 2 aliphatic rings. The van der Waals surface area contributed by atoms with Gasteiger partial charge in [0.1, 0.15) is 0 Å². The number of hydrogen-bond acceptors (Lipinski definition) is 2. The molecule has 2 fully saturated rings. The summed E-state index contributed by atoms with van der Waals surface area (Å²) in [7, 11) is 0. The van der Waals surface area contributed by atoms with Crippen LogP contribution in [0.5, 0.6) is 0 Å². The van der Waals surface area contributed by atoms with Crippen molar-refractivity contribution in [1.29, 1.82) is 0 Å². The second-order valence-corrected chi connectivity index (χ2v) is 6.23. The molecule has 1 spiro atoms. The minimum Gasteiger partial charge on any atom is -0.375 e. The van der Waals surface area contributed by atoms with Crippen LogP contribution in [0.1, 0.15) is 57.1 Å². The van der Waals surface area contributed by atoms with Gasteiger partial charge in [0, 0.05) is 18.7 Å². The average Bonchev–Trinajstić information content (AvgIpc) is 2.88. The van der Waals surface area contributed by atoms with Crippen molar-refractivity contribution in [3.63, 3.8) is 0 Å². The van der Waals surface area contributed by atoms with Crippen LogP contribution in [-0.4, -0.2) is 18.2 Å². The summed E-state index contributed by atoms with van der Waals surface area (Å²) < 4.78 is 6.10. The Morgan fingerprint density at radius 1 is 1.21 bits per heavy atom. The maximum Gasteiger partial charge on any atom is 0.0697 e. The van der Waals surface area contributed by atoms with E-state index in [4.69, 9.17) is 4.74 Å². The summed E-state index contributed by atoms with van der Waals surface area (Å²) in [5, 5.41) is 3.81. The first-order chi connectivity index (χ1) is 9.27. The predicted molar refractivity (Wildman–Crippen MR) is 78.2 cm³/mol. The van der Waals surface area contributed by atoms with E-state index in [0.29, 0.717) is 12.1 Å². The molecule has 1 aliphatic carbocycles. The predicted octanol–water partition coefficient (Wildman–Crippen LogP) is 3.83. The van der Waals surface area contributed by atoms with Gasteiger partial charge in [0.15, 0.2) is 0 Å². The Morgan fingerprint density at radius 2 is 1.95 bits per heavy atom. The van der Waals surface area contributed by atoms with Crippen LogP contribution in [0.25, 0.3) is 0 Å². The molecular formula is C17H25NO. The van der Waals surface area contributed by atoms with E-state index in [1.54, 1.807) is 0 Å². The fraction of sp³-hybridized carbons (Fsp3) is 0.647. The highest BCUT2D eigenvalue weighted by atomic mass is 16.5. The topological polar surface area (TPSA) is 21.3 Å². The van der Waals surface area contributed by atoms with Crippen molar-refractivity contribution in [2.24, 2.45) is 0 Å². The number of nitrogens with one attached hydrogen (secondary N) is 1. The van der Waals surface area contributed by atoms with Gasteiger partial charge in [-0.2, -0.15) is 0 Å². The normalized spacial score (nSPS) is 27.5. The minimum atomic E-state index is 0.215. The van der Waals surface area contributed by atoms with Gasteiger partial charge in [0.2, 0.25) is 0 Å². The first-order valence-corrected chi connectivity index (χ1v) is 7.72. The van der Waals surface area contributed by atoms with E-state index >= 15 is 0 Å². The smallest absolute Gasteiger partial charge is 0.0697 e. The summed E-state index contributed by atoms with van der Waals surface area (Å²) in [6.45, 7) is 3.20. The first kappa shape index (κ1) is 13.1. The third kappa shape index (κ3) is 3.01. The van der Waals surface area contributed by atoms with Crippen LogP contribution in [0.4, 0.5) is 0 Å². The monoisotopic (exact) mass is 259 g/mol. The lowest BCUT2D eigenvalue weighted by molar-refractivity contribution is -0.0846. The third-order valence-corrected chi connectivity index (χ3v) is 4.79. The Bertz CT molecular complexity index is 397. The molecule has 3 rings (SSSR count). The maximum atomic E-state index is 6.10. The molecule has 0 bridgehead atoms. The summed E-state index contributed by atoms with van der Waals surface area (Å²) >= 11 is 0. The molecule has 2 nitrogen and oxygen atoms in total. The van der Waals surface area contributed by atoms with Crippen LogP contribution in [0, 0.1) is 0 Å². The van der Waals surface area contributed by atoms with Gasteiger partial charge in [-0.1, -0.05) is 43.2 Å². The van der Waals surface area contributed by atoms with Gasteiger partial charge < -0.3 is 10.1 Å². The maximum absolute atomic E-state index is 6.10. The van der Waals surface area contributed by atoms with E-state index in [2.05, 4.69) is 42.6 Å². The van der Waals surface area contributed by atoms with Crippen LogP contribution in [0.2, 0.25) is 0 Å². The molecule has 1 heterocycles. The van der Waals surface area contributed by atoms with E-state index in [1.165, 1.54) is 37.7 Å². The van der Waals surface area contributed by atoms with Crippen LogP contribution in [0.15, 0.2) is 30.3 Å². The summed E-state index contributed by atoms with van der Waals surface area (Å²) in [6, 6.07) is 11.8. The standard InChI is InChI=1S/C17H25NO/c1-14(15-7-3-2-4-8-15)18-16-9-12-19-17(13-16)10-5-6-11-17/h2-4,7-8,14,16,18H,5-6,9-13H2,1H3/t14-,16?/m1/s1. The highest BCUT2D eigenvalue weighted by Crippen LogP contribution is 2.40. The molecule has 2 atom stereocenters. The van der Waals surface area contributed by atoms with Crippen molar-refractivity contribution in [2.45, 2.75) is 63.1 Å². The van der Waals surface area contributed by atoms with Crippen molar-refractivity contribution in [1.82, 2.24) is 5.32 Å². The Morgan fingerprint density at radius 3 is 2.68 bits per heavy atom. The molecule has 19 heavy (non-hydrogen) atoms. The minimum absolute atomic E-state index is 0.215. The molecule has 2 heteroatoms. The van der Waals surface area contributed by atoms with E-state index in [1.807, 2.05) is 0 Å². The van der Waals surface area contributed by atoms with Crippen molar-refractivity contribution in [3.05, 3.63) is 35.9 Å². The van der Waals surface area contributed by atoms with Gasteiger partial charge in [-0.05, 0) is 38.2 Å². The molecule has 1 saturated heterocycles. The zero-order chi connectivity index (χ0) is 13.1. The number of ether oxygens (including phenoxy) is 1. The SMILES string of the molecule is C[C@@H](NC1CCOC2(CCCC2)C1)c1ccccc1. The van der Waals surface area contributed by atoms with E-state index in [-0.39, 0.29) is 5.60 Å². The molecule has 1 aromatic rings. The molecule has 0 amide bonds.